The van der Waals surface area contributed by atoms with Crippen LogP contribution in [-0.4, -0.2) is 31.2 Å². The minimum atomic E-state index is -1.09. The zero-order chi connectivity index (χ0) is 23.5. The van der Waals surface area contributed by atoms with Crippen LogP contribution < -0.4 is 24.2 Å². The van der Waals surface area contributed by atoms with Gasteiger partial charge in [-0.05, 0) is 42.5 Å². The van der Waals surface area contributed by atoms with Crippen LogP contribution in [0.4, 0.5) is 5.69 Å². The third-order valence-electron chi connectivity index (χ3n) is 4.95. The van der Waals surface area contributed by atoms with Crippen LogP contribution in [0.3, 0.4) is 0 Å². The second-order valence-corrected chi connectivity index (χ2v) is 6.98. The predicted octanol–water partition coefficient (Wildman–Crippen LogP) is 2.94. The topological polar surface area (TPSA) is 119 Å². The molecule has 3 aromatic carbocycles. The first-order chi connectivity index (χ1) is 15.9. The quantitative estimate of drug-likeness (QED) is 0.255. The molecule has 0 amide bonds. The number of carbonyl (C=O) groups is 2. The Hall–Kier alpha value is -4.18. The van der Waals surface area contributed by atoms with Gasteiger partial charge in [0.15, 0.2) is 11.4 Å². The number of rotatable bonds is 6. The number of methoxy groups -OCH3 is 2. The molecule has 0 saturated heterocycles. The van der Waals surface area contributed by atoms with Crippen LogP contribution in [0.1, 0.15) is 26.3 Å². The second-order valence-electron chi connectivity index (χ2n) is 6.98. The number of hydrogen-bond donors (Lipinski definition) is 2. The predicted molar refractivity (Wildman–Crippen MR) is 116 cm³/mol. The van der Waals surface area contributed by atoms with Gasteiger partial charge in [0, 0.05) is 29.8 Å². The number of benzene rings is 3. The lowest BCUT2D eigenvalue weighted by molar-refractivity contribution is -0.991. The Kier molecular flexibility index (Phi) is 6.09. The molecule has 1 aliphatic heterocycles. The van der Waals surface area contributed by atoms with E-state index in [1.807, 2.05) is 0 Å². The standard InChI is InChI=1S/C24H19NO8/c1-30-17-8-5-15(20(12-17)31-2)11-22-23(26)19-10-9-18(13-21(19)33-22)32-24(27)14-3-6-16(7-4-14)25(28)29/h3-13,25,28H,1-2H3. The van der Waals surface area contributed by atoms with Crippen molar-refractivity contribution in [2.24, 2.45) is 0 Å². The molecule has 9 nitrogen and oxygen atoms in total. The molecule has 9 heteroatoms. The summed E-state index contributed by atoms with van der Waals surface area (Å²) in [4.78, 5) is 25.1. The number of fused-ring (bicyclic) bond motifs is 1. The van der Waals surface area contributed by atoms with Crippen LogP contribution in [0, 0.1) is 5.21 Å². The average Bonchev–Trinajstić information content (AvgIpc) is 3.13. The lowest BCUT2D eigenvalue weighted by Gasteiger charge is -2.11. The maximum Gasteiger partial charge on any atom is 0.343 e. The van der Waals surface area contributed by atoms with Gasteiger partial charge in [0.25, 0.3) is 0 Å². The number of hydrogen-bond acceptors (Lipinski definition) is 8. The monoisotopic (exact) mass is 449 g/mol. The average molecular weight is 449 g/mol. The summed E-state index contributed by atoms with van der Waals surface area (Å²) in [5.41, 5.74) is 1.21. The summed E-state index contributed by atoms with van der Waals surface area (Å²) < 4.78 is 21.6. The lowest BCUT2D eigenvalue weighted by Crippen LogP contribution is -2.99. The summed E-state index contributed by atoms with van der Waals surface area (Å²) in [6, 6.07) is 15.0. The smallest absolute Gasteiger partial charge is 0.343 e. The Bertz CT molecular complexity index is 1250. The van der Waals surface area contributed by atoms with Gasteiger partial charge in [0.1, 0.15) is 23.0 Å². The molecule has 0 aromatic heterocycles. The van der Waals surface area contributed by atoms with Gasteiger partial charge < -0.3 is 24.2 Å². The fourth-order valence-electron chi connectivity index (χ4n) is 3.22. The number of carbonyl (C=O) groups excluding carboxylic acids is 2. The van der Waals surface area contributed by atoms with Crippen LogP contribution in [-0.2, 0) is 0 Å². The normalized spacial score (nSPS) is 14.4. The number of allylic oxidation sites excluding steroid dienone is 1. The van der Waals surface area contributed by atoms with Gasteiger partial charge in [-0.15, -0.1) is 0 Å². The number of ketones is 1. The van der Waals surface area contributed by atoms with Crippen molar-refractivity contribution in [1.82, 2.24) is 0 Å². The van der Waals surface area contributed by atoms with E-state index in [-0.39, 0.29) is 34.3 Å². The largest absolute Gasteiger partial charge is 0.595 e. The van der Waals surface area contributed by atoms with E-state index in [0.717, 1.165) is 0 Å². The van der Waals surface area contributed by atoms with Gasteiger partial charge in [-0.1, -0.05) is 0 Å². The Balaban J connectivity index is 1.53. The van der Waals surface area contributed by atoms with Crippen LogP contribution in [0.15, 0.2) is 66.4 Å². The molecule has 33 heavy (non-hydrogen) atoms. The highest BCUT2D eigenvalue weighted by molar-refractivity contribution is 6.14. The first-order valence-electron chi connectivity index (χ1n) is 9.75. The molecule has 0 bridgehead atoms. The van der Waals surface area contributed by atoms with Crippen molar-refractivity contribution in [2.45, 2.75) is 0 Å². The van der Waals surface area contributed by atoms with Crippen molar-refractivity contribution in [3.05, 3.63) is 88.3 Å². The van der Waals surface area contributed by atoms with E-state index >= 15 is 0 Å². The van der Waals surface area contributed by atoms with Crippen LogP contribution in [0.5, 0.6) is 23.0 Å². The van der Waals surface area contributed by atoms with Gasteiger partial charge in [0.2, 0.25) is 5.78 Å². The molecule has 0 spiro atoms. The molecule has 0 radical (unpaired) electrons. The first-order valence-corrected chi connectivity index (χ1v) is 9.75. The highest BCUT2D eigenvalue weighted by Crippen LogP contribution is 2.36. The van der Waals surface area contributed by atoms with E-state index in [9.17, 15) is 14.8 Å². The van der Waals surface area contributed by atoms with Crippen LogP contribution in [0.2, 0.25) is 0 Å². The molecule has 1 unspecified atom stereocenters. The molecule has 3 aromatic rings. The molecule has 1 atom stereocenters. The van der Waals surface area contributed by atoms with Gasteiger partial charge >= 0.3 is 5.97 Å². The zero-order valence-corrected chi connectivity index (χ0v) is 17.7. The number of ether oxygens (including phenoxy) is 4. The molecule has 1 heterocycles. The maximum absolute atomic E-state index is 12.8. The first kappa shape index (κ1) is 22.0. The third-order valence-corrected chi connectivity index (χ3v) is 4.95. The molecule has 0 saturated carbocycles. The van der Waals surface area contributed by atoms with E-state index in [0.29, 0.717) is 22.6 Å². The number of esters is 1. The minimum absolute atomic E-state index is 0.0591. The van der Waals surface area contributed by atoms with Crippen molar-refractivity contribution in [3.8, 4) is 23.0 Å². The fourth-order valence-corrected chi connectivity index (χ4v) is 3.22. The van der Waals surface area contributed by atoms with Crippen LogP contribution >= 0.6 is 0 Å². The highest BCUT2D eigenvalue weighted by Gasteiger charge is 2.28. The molecule has 168 valence electrons. The van der Waals surface area contributed by atoms with E-state index in [4.69, 9.17) is 24.2 Å². The summed E-state index contributed by atoms with van der Waals surface area (Å²) in [5, 5.41) is 18.8. The van der Waals surface area contributed by atoms with Gasteiger partial charge in [-0.3, -0.25) is 4.79 Å². The molecule has 0 fully saturated rings. The van der Waals surface area contributed by atoms with Crippen LogP contribution in [0.25, 0.3) is 6.08 Å². The SMILES string of the molecule is COc1ccc(C=C2Oc3cc(OC(=O)c4ccc([NH+]([O-])O)cc4)ccc3C2=O)c(OC)c1. The maximum atomic E-state index is 12.8. The molecule has 0 aliphatic carbocycles. The van der Waals surface area contributed by atoms with Crippen molar-refractivity contribution in [2.75, 3.05) is 14.2 Å². The number of quaternary nitrogens is 1. The van der Waals surface area contributed by atoms with E-state index in [2.05, 4.69) is 0 Å². The molecule has 4 rings (SSSR count). The van der Waals surface area contributed by atoms with Gasteiger partial charge in [-0.25, -0.2) is 10.0 Å². The van der Waals surface area contributed by atoms with Crippen molar-refractivity contribution in [3.63, 3.8) is 0 Å². The lowest BCUT2D eigenvalue weighted by atomic mass is 10.1. The Morgan fingerprint density at radius 3 is 2.39 bits per heavy atom. The number of nitrogens with one attached hydrogen (secondary N) is 1. The third kappa shape index (κ3) is 4.55. The van der Waals surface area contributed by atoms with Crippen molar-refractivity contribution >= 4 is 23.5 Å². The molecular weight excluding hydrogens is 430 g/mol. The Labute approximate surface area is 188 Å². The molecule has 1 aliphatic rings. The summed E-state index contributed by atoms with van der Waals surface area (Å²) in [7, 11) is 3.06. The van der Waals surface area contributed by atoms with E-state index in [1.165, 1.54) is 49.6 Å². The molecular formula is C24H19NO8. The van der Waals surface area contributed by atoms with E-state index in [1.54, 1.807) is 31.4 Å². The van der Waals surface area contributed by atoms with Crippen molar-refractivity contribution in [1.29, 1.82) is 0 Å². The minimum Gasteiger partial charge on any atom is -0.595 e. The highest BCUT2D eigenvalue weighted by atomic mass is 16.8. The molecule has 2 N–H and O–H groups in total. The summed E-state index contributed by atoms with van der Waals surface area (Å²) in [5.74, 6) is 0.668. The summed E-state index contributed by atoms with van der Waals surface area (Å²) in [6.07, 6.45) is 1.57. The summed E-state index contributed by atoms with van der Waals surface area (Å²) >= 11 is 0. The van der Waals surface area contributed by atoms with Gasteiger partial charge in [-0.2, -0.15) is 5.23 Å². The number of Topliss-reactive ketones (excluding diaryl/α,β-unsaturated/α-hetero) is 1. The second kappa shape index (κ2) is 9.13. The Morgan fingerprint density at radius 2 is 1.73 bits per heavy atom. The summed E-state index contributed by atoms with van der Waals surface area (Å²) in [6.45, 7) is 0. The van der Waals surface area contributed by atoms with Gasteiger partial charge in [0.05, 0.1) is 25.3 Å². The van der Waals surface area contributed by atoms with E-state index < -0.39 is 11.2 Å². The fraction of sp³-hybridized carbons (Fsp3) is 0.0833. The zero-order valence-electron chi connectivity index (χ0n) is 17.7. The van der Waals surface area contributed by atoms with Crippen molar-refractivity contribution < 1.29 is 39.0 Å². The Morgan fingerprint density at radius 1 is 1.00 bits per heavy atom.